The summed E-state index contributed by atoms with van der Waals surface area (Å²) in [5, 5.41) is 0. The molecule has 0 aliphatic heterocycles. The van der Waals surface area contributed by atoms with Crippen LogP contribution in [0, 0.1) is 0 Å². The lowest BCUT2D eigenvalue weighted by molar-refractivity contribution is 0.0523. The van der Waals surface area contributed by atoms with Gasteiger partial charge in [-0.3, -0.25) is 0 Å². The van der Waals surface area contributed by atoms with Gasteiger partial charge in [0.15, 0.2) is 5.82 Å². The third-order valence-corrected chi connectivity index (χ3v) is 2.43. The Bertz CT molecular complexity index is 393. The van der Waals surface area contributed by atoms with Gasteiger partial charge in [-0.05, 0) is 20.3 Å². The lowest BCUT2D eigenvalue weighted by atomic mass is 10.2. The van der Waals surface area contributed by atoms with Gasteiger partial charge in [0.05, 0.1) is 17.9 Å². The Morgan fingerprint density at radius 2 is 2.18 bits per heavy atom. The average molecular weight is 238 g/mol. The van der Waals surface area contributed by atoms with Crippen molar-refractivity contribution in [2.75, 3.05) is 13.7 Å². The molecule has 0 aliphatic rings. The fraction of sp³-hybridized carbons (Fsp3) is 0.583. The summed E-state index contributed by atoms with van der Waals surface area (Å²) < 4.78 is 10.1. The number of hydrogen-bond acceptors (Lipinski definition) is 5. The molecule has 0 N–H and O–H groups in total. The number of aryl methyl sites for hydroxylation is 1. The van der Waals surface area contributed by atoms with Crippen molar-refractivity contribution in [3.8, 4) is 0 Å². The van der Waals surface area contributed by atoms with Gasteiger partial charge in [-0.15, -0.1) is 0 Å². The summed E-state index contributed by atoms with van der Waals surface area (Å²) in [6.45, 7) is 5.91. The molecule has 0 saturated carbocycles. The molecule has 1 atom stereocenters. The third-order valence-electron chi connectivity index (χ3n) is 2.43. The number of nitrogens with zero attached hydrogens (tertiary/aromatic N) is 2. The molecule has 1 unspecified atom stereocenters. The first kappa shape index (κ1) is 13.6. The number of hydrogen-bond donors (Lipinski definition) is 0. The van der Waals surface area contributed by atoms with E-state index in [9.17, 15) is 4.79 Å². The molecule has 0 saturated heterocycles. The van der Waals surface area contributed by atoms with Crippen molar-refractivity contribution in [3.63, 3.8) is 0 Å². The second-order valence-corrected chi connectivity index (χ2v) is 3.54. The molecule has 0 bridgehead atoms. The van der Waals surface area contributed by atoms with E-state index >= 15 is 0 Å². The Balaban J connectivity index is 3.05. The summed E-state index contributed by atoms with van der Waals surface area (Å²) in [7, 11) is 1.60. The summed E-state index contributed by atoms with van der Waals surface area (Å²) >= 11 is 0. The van der Waals surface area contributed by atoms with Crippen LogP contribution in [0.2, 0.25) is 0 Å². The molecule has 1 aromatic heterocycles. The minimum absolute atomic E-state index is 0.184. The molecule has 5 heteroatoms. The number of methoxy groups -OCH3 is 1. The van der Waals surface area contributed by atoms with E-state index in [-0.39, 0.29) is 12.1 Å². The second-order valence-electron chi connectivity index (χ2n) is 3.54. The highest BCUT2D eigenvalue weighted by molar-refractivity contribution is 5.90. The molecule has 5 nitrogen and oxygen atoms in total. The second kappa shape index (κ2) is 6.30. The molecule has 17 heavy (non-hydrogen) atoms. The van der Waals surface area contributed by atoms with Crippen LogP contribution < -0.4 is 0 Å². The lowest BCUT2D eigenvalue weighted by Crippen LogP contribution is -2.13. The van der Waals surface area contributed by atoms with Gasteiger partial charge in [0.1, 0.15) is 6.10 Å². The number of esters is 1. The highest BCUT2D eigenvalue weighted by Crippen LogP contribution is 2.14. The van der Waals surface area contributed by atoms with Gasteiger partial charge in [-0.25, -0.2) is 14.8 Å². The highest BCUT2D eigenvalue weighted by atomic mass is 16.5. The van der Waals surface area contributed by atoms with Crippen molar-refractivity contribution in [3.05, 3.63) is 23.3 Å². The summed E-state index contributed by atoms with van der Waals surface area (Å²) in [4.78, 5) is 20.1. The maximum Gasteiger partial charge on any atom is 0.341 e. The largest absolute Gasteiger partial charge is 0.462 e. The van der Waals surface area contributed by atoms with Crippen LogP contribution >= 0.6 is 0 Å². The topological polar surface area (TPSA) is 61.3 Å². The zero-order valence-corrected chi connectivity index (χ0v) is 10.7. The normalized spacial score (nSPS) is 12.2. The predicted octanol–water partition coefficient (Wildman–Crippen LogP) is 1.92. The third kappa shape index (κ3) is 3.23. The summed E-state index contributed by atoms with van der Waals surface area (Å²) in [5.41, 5.74) is 1.12. The Morgan fingerprint density at radius 3 is 2.71 bits per heavy atom. The maximum absolute atomic E-state index is 11.6. The van der Waals surface area contributed by atoms with Crippen molar-refractivity contribution in [1.29, 1.82) is 0 Å². The Labute approximate surface area is 101 Å². The Hall–Kier alpha value is -1.49. The number of carbonyl (C=O) groups is 1. The number of aromatic nitrogens is 2. The fourth-order valence-corrected chi connectivity index (χ4v) is 1.38. The van der Waals surface area contributed by atoms with Crippen molar-refractivity contribution in [2.45, 2.75) is 33.3 Å². The first-order chi connectivity index (χ1) is 8.13. The van der Waals surface area contributed by atoms with Crippen LogP contribution in [-0.2, 0) is 15.9 Å². The van der Waals surface area contributed by atoms with Crippen molar-refractivity contribution < 1.29 is 14.3 Å². The molecule has 1 rings (SSSR count). The van der Waals surface area contributed by atoms with Crippen LogP contribution in [0.5, 0.6) is 0 Å². The van der Waals surface area contributed by atoms with E-state index in [4.69, 9.17) is 9.47 Å². The van der Waals surface area contributed by atoms with Crippen LogP contribution in [0.3, 0.4) is 0 Å². The number of ether oxygens (including phenoxy) is 2. The molecule has 0 spiro atoms. The standard InChI is InChI=1S/C12H18N2O3/c1-5-10-9(12(15)17-6-2)7-13-11(14-10)8(3)16-4/h7-8H,5-6H2,1-4H3. The molecule has 0 amide bonds. The monoisotopic (exact) mass is 238 g/mol. The molecule has 94 valence electrons. The average Bonchev–Trinajstić information content (AvgIpc) is 2.37. The van der Waals surface area contributed by atoms with Crippen molar-refractivity contribution >= 4 is 5.97 Å². The van der Waals surface area contributed by atoms with E-state index in [1.807, 2.05) is 13.8 Å². The molecule has 0 radical (unpaired) electrons. The highest BCUT2D eigenvalue weighted by Gasteiger charge is 2.16. The van der Waals surface area contributed by atoms with E-state index in [0.29, 0.717) is 30.1 Å². The number of rotatable bonds is 5. The molecule has 0 aromatic carbocycles. The molecular weight excluding hydrogens is 220 g/mol. The van der Waals surface area contributed by atoms with E-state index in [0.717, 1.165) is 0 Å². The van der Waals surface area contributed by atoms with Crippen LogP contribution in [-0.4, -0.2) is 29.7 Å². The predicted molar refractivity (Wildman–Crippen MR) is 62.8 cm³/mol. The van der Waals surface area contributed by atoms with Crippen molar-refractivity contribution in [1.82, 2.24) is 9.97 Å². The van der Waals surface area contributed by atoms with Crippen LogP contribution in [0.4, 0.5) is 0 Å². The van der Waals surface area contributed by atoms with E-state index in [2.05, 4.69) is 9.97 Å². The summed E-state index contributed by atoms with van der Waals surface area (Å²) in [6.07, 6.45) is 1.98. The van der Waals surface area contributed by atoms with Crippen molar-refractivity contribution in [2.24, 2.45) is 0 Å². The van der Waals surface area contributed by atoms with Crippen LogP contribution in [0.25, 0.3) is 0 Å². The first-order valence-electron chi connectivity index (χ1n) is 5.69. The molecule has 1 aromatic rings. The minimum atomic E-state index is -0.374. The lowest BCUT2D eigenvalue weighted by Gasteiger charge is -2.11. The van der Waals surface area contributed by atoms with E-state index in [1.165, 1.54) is 6.20 Å². The maximum atomic E-state index is 11.6. The molecule has 0 aliphatic carbocycles. The Kier molecular flexibility index (Phi) is 5.03. The van der Waals surface area contributed by atoms with E-state index in [1.54, 1.807) is 14.0 Å². The smallest absolute Gasteiger partial charge is 0.341 e. The molecule has 1 heterocycles. The van der Waals surface area contributed by atoms with Gasteiger partial charge in [-0.1, -0.05) is 6.92 Å². The fourth-order valence-electron chi connectivity index (χ4n) is 1.38. The van der Waals surface area contributed by atoms with Crippen LogP contribution in [0.15, 0.2) is 6.20 Å². The van der Waals surface area contributed by atoms with Gasteiger partial charge in [-0.2, -0.15) is 0 Å². The van der Waals surface area contributed by atoms with Gasteiger partial charge < -0.3 is 9.47 Å². The van der Waals surface area contributed by atoms with Gasteiger partial charge >= 0.3 is 5.97 Å². The zero-order chi connectivity index (χ0) is 12.8. The van der Waals surface area contributed by atoms with Crippen LogP contribution in [0.1, 0.15) is 48.8 Å². The Morgan fingerprint density at radius 1 is 1.47 bits per heavy atom. The number of carbonyl (C=O) groups excluding carboxylic acids is 1. The van der Waals surface area contributed by atoms with E-state index < -0.39 is 0 Å². The van der Waals surface area contributed by atoms with Gasteiger partial charge in [0, 0.05) is 13.3 Å². The molecular formula is C12H18N2O3. The zero-order valence-electron chi connectivity index (χ0n) is 10.7. The SMILES string of the molecule is CCOC(=O)c1cnc(C(C)OC)nc1CC. The van der Waals surface area contributed by atoms with Gasteiger partial charge in [0.25, 0.3) is 0 Å². The minimum Gasteiger partial charge on any atom is -0.462 e. The summed E-state index contributed by atoms with van der Waals surface area (Å²) in [5.74, 6) is 0.207. The quantitative estimate of drug-likeness (QED) is 0.733. The summed E-state index contributed by atoms with van der Waals surface area (Å²) in [6, 6.07) is 0. The van der Waals surface area contributed by atoms with Gasteiger partial charge in [0.2, 0.25) is 0 Å². The molecule has 0 fully saturated rings. The first-order valence-corrected chi connectivity index (χ1v) is 5.69.